The van der Waals surface area contributed by atoms with Gasteiger partial charge in [0.2, 0.25) is 5.91 Å². The van der Waals surface area contributed by atoms with E-state index in [2.05, 4.69) is 25.8 Å². The van der Waals surface area contributed by atoms with E-state index in [1.54, 1.807) is 0 Å². The number of aromatic nitrogens is 3. The molecule has 0 saturated heterocycles. The van der Waals surface area contributed by atoms with Crippen LogP contribution in [0.15, 0.2) is 46.6 Å². The molecule has 2 heterocycles. The van der Waals surface area contributed by atoms with Gasteiger partial charge in [0.15, 0.2) is 5.13 Å². The molecule has 3 aromatic rings. The number of anilines is 1. The Labute approximate surface area is 152 Å². The lowest BCUT2D eigenvalue weighted by atomic mass is 10.1. The molecule has 0 fully saturated rings. The normalized spacial score (nSPS) is 10.3. The summed E-state index contributed by atoms with van der Waals surface area (Å²) in [4.78, 5) is 38.4. The minimum Gasteiger partial charge on any atom is -0.352 e. The van der Waals surface area contributed by atoms with Crippen molar-refractivity contribution in [3.63, 3.8) is 0 Å². The number of benzene rings is 1. The first-order valence-corrected chi connectivity index (χ1v) is 8.55. The molecule has 0 radical (unpaired) electrons. The summed E-state index contributed by atoms with van der Waals surface area (Å²) in [5.41, 5.74) is 2.34. The van der Waals surface area contributed by atoms with E-state index in [9.17, 15) is 14.4 Å². The Balaban J connectivity index is 1.67. The molecule has 0 spiro atoms. The van der Waals surface area contributed by atoms with Crippen LogP contribution in [0.1, 0.15) is 23.0 Å². The van der Waals surface area contributed by atoms with Crippen LogP contribution in [0.5, 0.6) is 0 Å². The van der Waals surface area contributed by atoms with Crippen LogP contribution in [-0.4, -0.2) is 27.0 Å². The molecule has 3 rings (SSSR count). The summed E-state index contributed by atoms with van der Waals surface area (Å²) in [6.45, 7) is 1.95. The fourth-order valence-electron chi connectivity index (χ4n) is 2.12. The second-order valence-electron chi connectivity index (χ2n) is 5.41. The minimum atomic E-state index is -0.451. The number of aromatic amines is 1. The molecule has 8 nitrogen and oxygen atoms in total. The summed E-state index contributed by atoms with van der Waals surface area (Å²) in [5, 5.41) is 13.5. The smallest absolute Gasteiger partial charge is 0.277 e. The van der Waals surface area contributed by atoms with Crippen molar-refractivity contribution in [2.75, 3.05) is 5.32 Å². The molecule has 0 aliphatic heterocycles. The summed E-state index contributed by atoms with van der Waals surface area (Å²) in [5.74, 6) is -0.529. The van der Waals surface area contributed by atoms with Gasteiger partial charge in [-0.2, -0.15) is 5.10 Å². The number of amides is 2. The summed E-state index contributed by atoms with van der Waals surface area (Å²) in [6, 6.07) is 10.2. The summed E-state index contributed by atoms with van der Waals surface area (Å²) in [7, 11) is 0. The van der Waals surface area contributed by atoms with Gasteiger partial charge in [-0.05, 0) is 11.6 Å². The van der Waals surface area contributed by atoms with E-state index in [1.807, 2.05) is 29.6 Å². The van der Waals surface area contributed by atoms with Gasteiger partial charge < -0.3 is 5.32 Å². The summed E-state index contributed by atoms with van der Waals surface area (Å²) >= 11 is 1.29. The Morgan fingerprint density at radius 1 is 1.15 bits per heavy atom. The number of hydrogen-bond acceptors (Lipinski definition) is 6. The van der Waals surface area contributed by atoms with Crippen LogP contribution in [0.4, 0.5) is 5.13 Å². The van der Waals surface area contributed by atoms with Gasteiger partial charge in [-0.3, -0.25) is 19.7 Å². The SMILES string of the molecule is CC(=O)NCc1ccc(-c2csc(NC(=O)c3ccc(=O)[nH]n3)n2)cc1. The van der Waals surface area contributed by atoms with Gasteiger partial charge >= 0.3 is 0 Å². The molecule has 0 atom stereocenters. The van der Waals surface area contributed by atoms with Gasteiger partial charge in [-0.25, -0.2) is 10.1 Å². The number of nitrogens with zero attached hydrogens (tertiary/aromatic N) is 2. The number of hydrogen-bond donors (Lipinski definition) is 3. The molecular formula is C17H15N5O3S. The van der Waals surface area contributed by atoms with Gasteiger partial charge in [-0.15, -0.1) is 11.3 Å². The summed E-state index contributed by atoms with van der Waals surface area (Å²) < 4.78 is 0. The Morgan fingerprint density at radius 3 is 2.58 bits per heavy atom. The van der Waals surface area contributed by atoms with Crippen LogP contribution >= 0.6 is 11.3 Å². The third-order valence-corrected chi connectivity index (χ3v) is 4.19. The van der Waals surface area contributed by atoms with E-state index >= 15 is 0 Å². The van der Waals surface area contributed by atoms with Gasteiger partial charge in [0.1, 0.15) is 5.69 Å². The third kappa shape index (κ3) is 4.39. The standard InChI is InChI=1S/C17H15N5O3S/c1-10(23)18-8-11-2-4-12(5-3-11)14-9-26-17(19-14)20-16(25)13-6-7-15(24)22-21-13/h2-7,9H,8H2,1H3,(H,18,23)(H,22,24)(H,19,20,25). The topological polar surface area (TPSA) is 117 Å². The maximum atomic E-state index is 12.1. The molecule has 0 bridgehead atoms. The Morgan fingerprint density at radius 2 is 1.92 bits per heavy atom. The van der Waals surface area contributed by atoms with E-state index < -0.39 is 5.91 Å². The van der Waals surface area contributed by atoms with Crippen molar-refractivity contribution >= 4 is 28.3 Å². The molecule has 9 heteroatoms. The molecule has 132 valence electrons. The van der Waals surface area contributed by atoms with Crippen molar-refractivity contribution in [1.82, 2.24) is 20.5 Å². The largest absolute Gasteiger partial charge is 0.352 e. The van der Waals surface area contributed by atoms with E-state index in [0.29, 0.717) is 11.7 Å². The summed E-state index contributed by atoms with van der Waals surface area (Å²) in [6.07, 6.45) is 0. The molecule has 26 heavy (non-hydrogen) atoms. The van der Waals surface area contributed by atoms with E-state index in [4.69, 9.17) is 0 Å². The van der Waals surface area contributed by atoms with Crippen molar-refractivity contribution in [2.45, 2.75) is 13.5 Å². The van der Waals surface area contributed by atoms with Crippen LogP contribution in [-0.2, 0) is 11.3 Å². The Hall–Kier alpha value is -3.33. The second kappa shape index (κ2) is 7.70. The second-order valence-corrected chi connectivity index (χ2v) is 6.26. The molecule has 0 saturated carbocycles. The molecule has 0 aliphatic carbocycles. The van der Waals surface area contributed by atoms with Crippen LogP contribution in [0.3, 0.4) is 0 Å². The first-order chi connectivity index (χ1) is 12.5. The lowest BCUT2D eigenvalue weighted by molar-refractivity contribution is -0.119. The molecule has 0 aliphatic rings. The number of carbonyl (C=O) groups is 2. The van der Waals surface area contributed by atoms with Crippen LogP contribution in [0.2, 0.25) is 0 Å². The van der Waals surface area contributed by atoms with Crippen LogP contribution in [0, 0.1) is 0 Å². The van der Waals surface area contributed by atoms with E-state index in [0.717, 1.165) is 16.8 Å². The zero-order chi connectivity index (χ0) is 18.5. The Kier molecular flexibility index (Phi) is 5.18. The van der Waals surface area contributed by atoms with Crippen molar-refractivity contribution < 1.29 is 9.59 Å². The lowest BCUT2D eigenvalue weighted by Gasteiger charge is -2.03. The molecule has 2 amide bonds. The predicted octanol–water partition coefficient (Wildman–Crippen LogP) is 1.78. The van der Waals surface area contributed by atoms with Gasteiger partial charge in [-0.1, -0.05) is 24.3 Å². The lowest BCUT2D eigenvalue weighted by Crippen LogP contribution is -2.18. The zero-order valence-corrected chi connectivity index (χ0v) is 14.6. The Bertz CT molecular complexity index is 974. The van der Waals surface area contributed by atoms with Crippen molar-refractivity contribution in [3.8, 4) is 11.3 Å². The number of thiazole rings is 1. The number of nitrogens with one attached hydrogen (secondary N) is 3. The van der Waals surface area contributed by atoms with E-state index in [-0.39, 0.29) is 17.2 Å². The monoisotopic (exact) mass is 369 g/mol. The highest BCUT2D eigenvalue weighted by Crippen LogP contribution is 2.25. The maximum absolute atomic E-state index is 12.1. The maximum Gasteiger partial charge on any atom is 0.277 e. The van der Waals surface area contributed by atoms with Crippen LogP contribution in [0.25, 0.3) is 11.3 Å². The average Bonchev–Trinajstić information content (AvgIpc) is 3.09. The highest BCUT2D eigenvalue weighted by Gasteiger charge is 2.11. The molecular weight excluding hydrogens is 354 g/mol. The molecule has 0 unspecified atom stereocenters. The fourth-order valence-corrected chi connectivity index (χ4v) is 2.83. The first kappa shape index (κ1) is 17.5. The zero-order valence-electron chi connectivity index (χ0n) is 13.8. The quantitative estimate of drug-likeness (QED) is 0.634. The highest BCUT2D eigenvalue weighted by molar-refractivity contribution is 7.14. The number of carbonyl (C=O) groups excluding carboxylic acids is 2. The highest BCUT2D eigenvalue weighted by atomic mass is 32.1. The number of rotatable bonds is 5. The van der Waals surface area contributed by atoms with Gasteiger partial charge in [0, 0.05) is 30.5 Å². The average molecular weight is 369 g/mol. The van der Waals surface area contributed by atoms with E-state index in [1.165, 1.54) is 30.4 Å². The molecule has 1 aromatic carbocycles. The van der Waals surface area contributed by atoms with Crippen molar-refractivity contribution in [1.29, 1.82) is 0 Å². The first-order valence-electron chi connectivity index (χ1n) is 7.67. The van der Waals surface area contributed by atoms with Gasteiger partial charge in [0.25, 0.3) is 11.5 Å². The molecule has 2 aromatic heterocycles. The predicted molar refractivity (Wildman–Crippen MR) is 97.9 cm³/mol. The van der Waals surface area contributed by atoms with Crippen molar-refractivity contribution in [2.24, 2.45) is 0 Å². The van der Waals surface area contributed by atoms with Crippen LogP contribution < -0.4 is 16.2 Å². The minimum absolute atomic E-state index is 0.0778. The third-order valence-electron chi connectivity index (χ3n) is 3.43. The molecule has 3 N–H and O–H groups in total. The number of H-pyrrole nitrogens is 1. The fraction of sp³-hybridized carbons (Fsp3) is 0.118. The van der Waals surface area contributed by atoms with Gasteiger partial charge in [0.05, 0.1) is 5.69 Å². The van der Waals surface area contributed by atoms with Crippen molar-refractivity contribution in [3.05, 3.63) is 63.4 Å².